The van der Waals surface area contributed by atoms with Crippen LogP contribution in [0, 0.1) is 22.7 Å². The first-order valence-electron chi connectivity index (χ1n) is 10.8. The molecule has 0 spiro atoms. The molecule has 1 N–H and O–H groups in total. The maximum atomic E-state index is 16.9. The summed E-state index contributed by atoms with van der Waals surface area (Å²) < 4.78 is 23.3. The highest BCUT2D eigenvalue weighted by atomic mass is 19.1. The van der Waals surface area contributed by atoms with Crippen molar-refractivity contribution in [1.82, 2.24) is 0 Å². The van der Waals surface area contributed by atoms with Crippen molar-refractivity contribution in [2.24, 2.45) is 22.7 Å². The summed E-state index contributed by atoms with van der Waals surface area (Å²) in [5.74, 6) is 0.682. The summed E-state index contributed by atoms with van der Waals surface area (Å²) in [5.41, 5.74) is -2.09. The van der Waals surface area contributed by atoms with Crippen LogP contribution in [-0.4, -0.2) is 28.8 Å². The molecular weight excluding hydrogens is 367 g/mol. The van der Waals surface area contributed by atoms with Crippen LogP contribution in [0.2, 0.25) is 0 Å². The first-order chi connectivity index (χ1) is 13.8. The second-order valence-corrected chi connectivity index (χ2v) is 9.85. The van der Waals surface area contributed by atoms with E-state index >= 15 is 4.39 Å². The summed E-state index contributed by atoms with van der Waals surface area (Å²) in [5, 5.41) is 11.3. The molecule has 1 aromatic rings. The van der Waals surface area contributed by atoms with Gasteiger partial charge in [-0.1, -0.05) is 36.8 Å². The molecule has 4 aliphatic rings. The van der Waals surface area contributed by atoms with Crippen molar-refractivity contribution in [1.29, 1.82) is 0 Å². The third-order valence-corrected chi connectivity index (χ3v) is 8.57. The maximum Gasteiger partial charge on any atom is 0.178 e. The van der Waals surface area contributed by atoms with Crippen LogP contribution in [0.4, 0.5) is 4.39 Å². The van der Waals surface area contributed by atoms with Gasteiger partial charge in [0.2, 0.25) is 0 Å². The molecule has 0 amide bonds. The molecule has 4 aliphatic carbocycles. The molecule has 4 heteroatoms. The van der Waals surface area contributed by atoms with Gasteiger partial charge >= 0.3 is 0 Å². The van der Waals surface area contributed by atoms with Gasteiger partial charge in [0, 0.05) is 16.7 Å². The number of benzene rings is 1. The van der Waals surface area contributed by atoms with Gasteiger partial charge < -0.3 is 9.84 Å². The number of para-hydroxylation sites is 1. The third kappa shape index (κ3) is 2.48. The van der Waals surface area contributed by atoms with Gasteiger partial charge in [0.15, 0.2) is 11.5 Å². The molecule has 0 bridgehead atoms. The minimum Gasteiger partial charge on any atom is -0.490 e. The molecule has 3 fully saturated rings. The molecule has 0 aromatic heterocycles. The van der Waals surface area contributed by atoms with Crippen LogP contribution in [0.1, 0.15) is 46.0 Å². The second kappa shape index (κ2) is 6.28. The Morgan fingerprint density at radius 2 is 1.86 bits per heavy atom. The van der Waals surface area contributed by atoms with Crippen molar-refractivity contribution >= 4 is 5.78 Å². The van der Waals surface area contributed by atoms with Crippen LogP contribution < -0.4 is 4.74 Å². The van der Waals surface area contributed by atoms with Crippen LogP contribution in [0.15, 0.2) is 54.1 Å². The van der Waals surface area contributed by atoms with Gasteiger partial charge in [0.05, 0.1) is 6.10 Å². The average Bonchev–Trinajstić information content (AvgIpc) is 3.00. The highest BCUT2D eigenvalue weighted by Crippen LogP contribution is 2.67. The number of aliphatic hydroxyl groups is 1. The van der Waals surface area contributed by atoms with Gasteiger partial charge in [-0.2, -0.15) is 0 Å². The van der Waals surface area contributed by atoms with Gasteiger partial charge in [-0.3, -0.25) is 4.79 Å². The lowest BCUT2D eigenvalue weighted by Gasteiger charge is -2.61. The van der Waals surface area contributed by atoms with E-state index in [1.165, 1.54) is 6.08 Å². The molecule has 3 saturated carbocycles. The Labute approximate surface area is 171 Å². The Balaban J connectivity index is 1.50. The molecule has 0 radical (unpaired) electrons. The zero-order valence-corrected chi connectivity index (χ0v) is 17.1. The number of carbonyl (C=O) groups is 1. The minimum absolute atomic E-state index is 0.0256. The zero-order valence-electron chi connectivity index (χ0n) is 17.1. The van der Waals surface area contributed by atoms with E-state index in [-0.39, 0.29) is 29.1 Å². The Morgan fingerprint density at radius 3 is 2.62 bits per heavy atom. The van der Waals surface area contributed by atoms with Crippen molar-refractivity contribution in [2.45, 2.75) is 63.8 Å². The topological polar surface area (TPSA) is 46.5 Å². The fraction of sp³-hybridized carbons (Fsp3) is 0.560. The van der Waals surface area contributed by atoms with E-state index in [1.54, 1.807) is 12.2 Å². The third-order valence-electron chi connectivity index (χ3n) is 8.57. The number of alkyl halides is 1. The summed E-state index contributed by atoms with van der Waals surface area (Å²) in [6.45, 7) is 4.04. The van der Waals surface area contributed by atoms with E-state index in [9.17, 15) is 9.90 Å². The molecule has 5 rings (SSSR count). The van der Waals surface area contributed by atoms with Crippen LogP contribution in [0.25, 0.3) is 0 Å². The Morgan fingerprint density at radius 1 is 1.10 bits per heavy atom. The zero-order chi connectivity index (χ0) is 20.4. The molecule has 154 valence electrons. The summed E-state index contributed by atoms with van der Waals surface area (Å²) in [6.07, 6.45) is 7.24. The van der Waals surface area contributed by atoms with Gasteiger partial charge in [-0.15, -0.1) is 0 Å². The number of allylic oxidation sites excluding steroid dienone is 4. The SMILES string of the molecule is C[C@]12C[C@H](O)[C@@]3(F)[C@@H](CCC4=CC(=O)C=C[C@@]43C)[C@@H]1CC[C@H]2Oc1ccccc1. The fourth-order valence-corrected chi connectivity index (χ4v) is 7.02. The Hall–Kier alpha value is -1.94. The predicted octanol–water partition coefficient (Wildman–Crippen LogP) is 4.80. The Bertz CT molecular complexity index is 893. The Kier molecular flexibility index (Phi) is 4.12. The largest absolute Gasteiger partial charge is 0.490 e. The summed E-state index contributed by atoms with van der Waals surface area (Å²) in [6, 6.07) is 9.79. The second-order valence-electron chi connectivity index (χ2n) is 9.85. The van der Waals surface area contributed by atoms with Gasteiger partial charge in [-0.05, 0) is 69.2 Å². The molecule has 0 saturated heterocycles. The van der Waals surface area contributed by atoms with Crippen LogP contribution in [-0.2, 0) is 4.79 Å². The van der Waals surface area contributed by atoms with E-state index < -0.39 is 17.2 Å². The lowest BCUT2D eigenvalue weighted by atomic mass is 9.46. The average molecular weight is 397 g/mol. The number of rotatable bonds is 2. The monoisotopic (exact) mass is 396 g/mol. The molecule has 3 nitrogen and oxygen atoms in total. The van der Waals surface area contributed by atoms with Gasteiger partial charge in [-0.25, -0.2) is 4.39 Å². The molecule has 29 heavy (non-hydrogen) atoms. The first kappa shape index (κ1) is 19.0. The van der Waals surface area contributed by atoms with Gasteiger partial charge in [0.25, 0.3) is 0 Å². The lowest BCUT2D eigenvalue weighted by Crippen LogP contribution is -2.67. The molecule has 0 heterocycles. The lowest BCUT2D eigenvalue weighted by molar-refractivity contribution is -0.198. The molecule has 0 unspecified atom stereocenters. The minimum atomic E-state index is -1.75. The van der Waals surface area contributed by atoms with E-state index in [0.29, 0.717) is 19.3 Å². The van der Waals surface area contributed by atoms with E-state index in [4.69, 9.17) is 4.74 Å². The number of fused-ring (bicyclic) bond motifs is 5. The van der Waals surface area contributed by atoms with Crippen molar-refractivity contribution in [3.63, 3.8) is 0 Å². The predicted molar refractivity (Wildman–Crippen MR) is 109 cm³/mol. The fourth-order valence-electron chi connectivity index (χ4n) is 7.02. The number of aliphatic hydroxyl groups excluding tert-OH is 1. The number of hydrogen-bond acceptors (Lipinski definition) is 3. The number of halogens is 1. The quantitative estimate of drug-likeness (QED) is 0.781. The highest BCUT2D eigenvalue weighted by molar-refractivity contribution is 6.01. The van der Waals surface area contributed by atoms with Crippen LogP contribution in [0.3, 0.4) is 0 Å². The van der Waals surface area contributed by atoms with Crippen molar-refractivity contribution in [3.8, 4) is 5.75 Å². The molecule has 1 aromatic carbocycles. The number of ketones is 1. The summed E-state index contributed by atoms with van der Waals surface area (Å²) in [7, 11) is 0. The van der Waals surface area contributed by atoms with Crippen molar-refractivity contribution in [3.05, 3.63) is 54.1 Å². The maximum absolute atomic E-state index is 16.9. The van der Waals surface area contributed by atoms with Crippen LogP contribution in [0.5, 0.6) is 5.75 Å². The number of hydrogen-bond donors (Lipinski definition) is 1. The number of carbonyl (C=O) groups excluding carboxylic acids is 1. The summed E-state index contributed by atoms with van der Waals surface area (Å²) >= 11 is 0. The molecule has 7 atom stereocenters. The van der Waals surface area contributed by atoms with Crippen molar-refractivity contribution < 1.29 is 19.0 Å². The molecular formula is C25H29FO3. The normalized spacial score (nSPS) is 45.8. The van der Waals surface area contributed by atoms with E-state index in [2.05, 4.69) is 6.92 Å². The summed E-state index contributed by atoms with van der Waals surface area (Å²) in [4.78, 5) is 11.9. The number of ether oxygens (including phenoxy) is 1. The van der Waals surface area contributed by atoms with E-state index in [1.807, 2.05) is 37.3 Å². The highest BCUT2D eigenvalue weighted by Gasteiger charge is 2.70. The first-order valence-corrected chi connectivity index (χ1v) is 10.8. The van der Waals surface area contributed by atoms with Gasteiger partial charge in [0.1, 0.15) is 11.9 Å². The van der Waals surface area contributed by atoms with E-state index in [0.717, 1.165) is 24.2 Å². The standard InChI is InChI=1S/C25H29FO3/c1-23-15-21(28)25(26)20(9-8-16-14-17(27)12-13-24(16,25)2)19(23)10-11-22(23)29-18-6-4-3-5-7-18/h3-7,12-14,19-22,28H,8-11,15H2,1-2H3/t19-,20-,21-,22+,23-,24-,25-/m0/s1. The van der Waals surface area contributed by atoms with Crippen LogP contribution >= 0.6 is 0 Å². The van der Waals surface area contributed by atoms with Crippen molar-refractivity contribution in [2.75, 3.05) is 0 Å². The molecule has 0 aliphatic heterocycles. The smallest absolute Gasteiger partial charge is 0.178 e.